The highest BCUT2D eigenvalue weighted by Crippen LogP contribution is 2.61. The smallest absolute Gasteiger partial charge is 0.0462 e. The Labute approximate surface area is 130 Å². The van der Waals surface area contributed by atoms with Gasteiger partial charge in [0.25, 0.3) is 0 Å². The van der Waals surface area contributed by atoms with E-state index in [0.717, 1.165) is 30.2 Å². The van der Waals surface area contributed by atoms with E-state index in [4.69, 9.17) is 0 Å². The molecule has 4 bridgehead atoms. The molecule has 3 unspecified atom stereocenters. The lowest BCUT2D eigenvalue weighted by Crippen LogP contribution is -2.55. The molecular formula is C19H33NO. The molecule has 5 fully saturated rings. The van der Waals surface area contributed by atoms with Crippen LogP contribution in [0, 0.1) is 35.0 Å². The van der Waals surface area contributed by atoms with Crippen molar-refractivity contribution in [3.8, 4) is 0 Å². The average Bonchev–Trinajstić information content (AvgIpc) is 2.90. The molecule has 0 aromatic rings. The van der Waals surface area contributed by atoms with Gasteiger partial charge in [-0.05, 0) is 99.8 Å². The van der Waals surface area contributed by atoms with Crippen LogP contribution in [-0.2, 0) is 0 Å². The average molecular weight is 291 g/mol. The summed E-state index contributed by atoms with van der Waals surface area (Å²) in [6.45, 7) is 4.02. The minimum atomic E-state index is 0.401. The summed E-state index contributed by atoms with van der Waals surface area (Å²) >= 11 is 0. The summed E-state index contributed by atoms with van der Waals surface area (Å²) in [6.07, 6.45) is 13.0. The molecule has 0 radical (unpaired) electrons. The molecule has 0 heterocycles. The maximum Gasteiger partial charge on any atom is 0.0462 e. The predicted molar refractivity (Wildman–Crippen MR) is 86.0 cm³/mol. The second-order valence-corrected chi connectivity index (χ2v) is 9.04. The summed E-state index contributed by atoms with van der Waals surface area (Å²) in [6, 6.07) is 0.686. The van der Waals surface area contributed by atoms with Gasteiger partial charge in [-0.3, -0.25) is 0 Å². The third-order valence-corrected chi connectivity index (χ3v) is 7.74. The zero-order valence-corrected chi connectivity index (χ0v) is 13.7. The van der Waals surface area contributed by atoms with Crippen LogP contribution in [0.4, 0.5) is 0 Å². The molecule has 5 saturated carbocycles. The van der Waals surface area contributed by atoms with Crippen molar-refractivity contribution >= 4 is 0 Å². The third-order valence-electron chi connectivity index (χ3n) is 7.74. The number of hydrogen-bond donors (Lipinski definition) is 2. The summed E-state index contributed by atoms with van der Waals surface area (Å²) in [4.78, 5) is 0. The summed E-state index contributed by atoms with van der Waals surface area (Å²) in [5.74, 6) is 4.46. The zero-order valence-electron chi connectivity index (χ0n) is 13.7. The lowest BCUT2D eigenvalue weighted by molar-refractivity contribution is -0.0710. The van der Waals surface area contributed by atoms with Gasteiger partial charge >= 0.3 is 0 Å². The van der Waals surface area contributed by atoms with Gasteiger partial charge in [0.2, 0.25) is 0 Å². The molecule has 0 saturated heterocycles. The highest BCUT2D eigenvalue weighted by Gasteiger charge is 2.53. The minimum absolute atomic E-state index is 0.401. The van der Waals surface area contributed by atoms with E-state index in [1.54, 1.807) is 19.3 Å². The molecule has 0 aromatic heterocycles. The Morgan fingerprint density at radius 2 is 1.57 bits per heavy atom. The summed E-state index contributed by atoms with van der Waals surface area (Å²) < 4.78 is 0. The van der Waals surface area contributed by atoms with E-state index < -0.39 is 0 Å². The number of aliphatic hydroxyl groups is 1. The van der Waals surface area contributed by atoms with Crippen molar-refractivity contribution in [2.75, 3.05) is 13.2 Å². The molecule has 0 aromatic carbocycles. The second-order valence-electron chi connectivity index (χ2n) is 9.04. The van der Waals surface area contributed by atoms with Crippen molar-refractivity contribution in [2.24, 2.45) is 35.0 Å². The molecule has 5 aliphatic rings. The van der Waals surface area contributed by atoms with Gasteiger partial charge in [0.15, 0.2) is 0 Å². The van der Waals surface area contributed by atoms with Crippen molar-refractivity contribution in [3.05, 3.63) is 0 Å². The minimum Gasteiger partial charge on any atom is -0.396 e. The van der Waals surface area contributed by atoms with Crippen LogP contribution in [0.3, 0.4) is 0 Å². The van der Waals surface area contributed by atoms with E-state index in [-0.39, 0.29) is 0 Å². The first-order chi connectivity index (χ1) is 10.2. The molecule has 0 amide bonds. The Morgan fingerprint density at radius 3 is 2.14 bits per heavy atom. The predicted octanol–water partition coefficient (Wildman–Crippen LogP) is 3.59. The Kier molecular flexibility index (Phi) is 3.82. The lowest BCUT2D eigenvalue weighted by Gasteiger charge is -2.59. The van der Waals surface area contributed by atoms with Crippen LogP contribution in [0.25, 0.3) is 0 Å². The van der Waals surface area contributed by atoms with Gasteiger partial charge < -0.3 is 10.4 Å². The molecule has 5 aliphatic carbocycles. The molecule has 2 heteroatoms. The quantitative estimate of drug-likeness (QED) is 0.811. The van der Waals surface area contributed by atoms with Crippen molar-refractivity contribution in [1.29, 1.82) is 0 Å². The van der Waals surface area contributed by atoms with Gasteiger partial charge in [-0.25, -0.2) is 0 Å². The van der Waals surface area contributed by atoms with Crippen LogP contribution in [0.5, 0.6) is 0 Å². The van der Waals surface area contributed by atoms with Crippen LogP contribution in [0.2, 0.25) is 0 Å². The van der Waals surface area contributed by atoms with Crippen LogP contribution in [0.1, 0.15) is 64.7 Å². The first kappa shape index (κ1) is 14.5. The van der Waals surface area contributed by atoms with Gasteiger partial charge in [0, 0.05) is 12.6 Å². The van der Waals surface area contributed by atoms with Crippen molar-refractivity contribution in [2.45, 2.75) is 70.8 Å². The number of aliphatic hydroxyl groups excluding tert-OH is 1. The lowest BCUT2D eigenvalue weighted by atomic mass is 9.48. The fourth-order valence-electron chi connectivity index (χ4n) is 6.88. The van der Waals surface area contributed by atoms with E-state index in [1.807, 2.05) is 0 Å². The van der Waals surface area contributed by atoms with Crippen LogP contribution >= 0.6 is 0 Å². The normalized spacial score (nSPS) is 49.7. The molecule has 2 nitrogen and oxygen atoms in total. The van der Waals surface area contributed by atoms with Crippen LogP contribution in [-0.4, -0.2) is 24.3 Å². The zero-order chi connectivity index (χ0) is 14.4. The molecule has 0 aliphatic heterocycles. The van der Waals surface area contributed by atoms with E-state index in [2.05, 4.69) is 12.2 Å². The monoisotopic (exact) mass is 291 g/mol. The number of nitrogens with one attached hydrogen (secondary N) is 1. The Hall–Kier alpha value is -0.0800. The summed E-state index contributed by atoms with van der Waals surface area (Å²) in [5.41, 5.74) is 0.627. The van der Waals surface area contributed by atoms with Crippen LogP contribution < -0.4 is 5.32 Å². The topological polar surface area (TPSA) is 32.3 Å². The number of rotatable bonds is 5. The van der Waals surface area contributed by atoms with Crippen molar-refractivity contribution in [1.82, 2.24) is 5.32 Å². The second kappa shape index (κ2) is 5.53. The standard InChI is InChI=1S/C19H33NO/c1-13(20-11-17-3-2-4-18(17)12-21)19-8-14-5-15(9-19)7-16(6-14)10-19/h13-18,20-21H,2-12H2,1H3. The SMILES string of the molecule is CC(NCC1CCCC1CO)C12CC3CC(CC(C3)C1)C2. The Bertz CT molecular complexity index is 344. The summed E-state index contributed by atoms with van der Waals surface area (Å²) in [7, 11) is 0. The van der Waals surface area contributed by atoms with Gasteiger partial charge in [0.1, 0.15) is 0 Å². The van der Waals surface area contributed by atoms with E-state index >= 15 is 0 Å². The van der Waals surface area contributed by atoms with Crippen molar-refractivity contribution < 1.29 is 5.11 Å². The first-order valence-corrected chi connectivity index (χ1v) is 9.53. The van der Waals surface area contributed by atoms with Crippen molar-refractivity contribution in [3.63, 3.8) is 0 Å². The summed E-state index contributed by atoms with van der Waals surface area (Å²) in [5, 5.41) is 13.4. The van der Waals surface area contributed by atoms with E-state index in [9.17, 15) is 5.11 Å². The van der Waals surface area contributed by atoms with Gasteiger partial charge in [0.05, 0.1) is 0 Å². The maximum absolute atomic E-state index is 9.50. The maximum atomic E-state index is 9.50. The third kappa shape index (κ3) is 2.57. The fraction of sp³-hybridized carbons (Fsp3) is 1.00. The van der Waals surface area contributed by atoms with Gasteiger partial charge in [-0.1, -0.05) is 6.42 Å². The molecule has 3 atom stereocenters. The highest BCUT2D eigenvalue weighted by atomic mass is 16.3. The molecule has 21 heavy (non-hydrogen) atoms. The van der Waals surface area contributed by atoms with Gasteiger partial charge in [-0.2, -0.15) is 0 Å². The molecule has 120 valence electrons. The van der Waals surface area contributed by atoms with Gasteiger partial charge in [-0.15, -0.1) is 0 Å². The molecule has 5 rings (SSSR count). The fourth-order valence-corrected chi connectivity index (χ4v) is 6.88. The largest absolute Gasteiger partial charge is 0.396 e. The van der Waals surface area contributed by atoms with E-state index in [0.29, 0.717) is 24.0 Å². The van der Waals surface area contributed by atoms with Crippen LogP contribution in [0.15, 0.2) is 0 Å². The first-order valence-electron chi connectivity index (χ1n) is 9.53. The van der Waals surface area contributed by atoms with E-state index in [1.165, 1.54) is 38.5 Å². The molecule has 0 spiro atoms. The molecule has 2 N–H and O–H groups in total. The Morgan fingerprint density at radius 1 is 1.00 bits per heavy atom. The molecular weight excluding hydrogens is 258 g/mol. The number of hydrogen-bond acceptors (Lipinski definition) is 2. The highest BCUT2D eigenvalue weighted by molar-refractivity contribution is 5.05. The Balaban J connectivity index is 1.37.